The molecule has 10 aromatic carbocycles. The van der Waals surface area contributed by atoms with Crippen LogP contribution in [-0.2, 0) is 5.41 Å². The molecule has 0 aliphatic heterocycles. The van der Waals surface area contributed by atoms with Crippen LogP contribution in [0.4, 0.5) is 17.1 Å². The predicted molar refractivity (Wildman–Crippen MR) is 282 cm³/mol. The van der Waals surface area contributed by atoms with Gasteiger partial charge in [-0.1, -0.05) is 225 Å². The molecule has 0 aromatic heterocycles. The van der Waals surface area contributed by atoms with Gasteiger partial charge in [-0.3, -0.25) is 0 Å². The standard InChI is InChI=1S/C66H47N/c1-44-19-2-5-22-50(44)51-23-6-7-24-52(51)53-25-8-9-26-54(53)57-29-13-17-35-63(57)67(49-41-39-46(40-42-49)48-38-37-45-20-3-4-21-47(45)43-48)64-36-18-34-62-65(64)58-30-12-16-33-61(58)66(62)59-31-14-10-27-55(59)56-28-11-15-32-60(56)66/h2-18,20-44H,19H2,1H3/t44-/m0/s1. The fourth-order valence-electron chi connectivity index (χ4n) is 11.8. The molecular weight excluding hydrogens is 807 g/mol. The summed E-state index contributed by atoms with van der Waals surface area (Å²) >= 11 is 0. The van der Waals surface area contributed by atoms with E-state index in [2.05, 4.69) is 261 Å². The Bertz CT molecular complexity index is 3590. The molecule has 3 aliphatic rings. The zero-order valence-corrected chi connectivity index (χ0v) is 37.4. The number of nitrogens with zero attached hydrogens (tertiary/aromatic N) is 1. The van der Waals surface area contributed by atoms with Gasteiger partial charge in [0.2, 0.25) is 0 Å². The summed E-state index contributed by atoms with van der Waals surface area (Å²) in [7, 11) is 0. The summed E-state index contributed by atoms with van der Waals surface area (Å²) < 4.78 is 0. The third kappa shape index (κ3) is 6.01. The normalized spacial score (nSPS) is 14.9. The highest BCUT2D eigenvalue weighted by Gasteiger charge is 2.52. The van der Waals surface area contributed by atoms with E-state index in [9.17, 15) is 0 Å². The van der Waals surface area contributed by atoms with Crippen molar-refractivity contribution in [2.45, 2.75) is 18.8 Å². The van der Waals surface area contributed by atoms with Crippen LogP contribution in [0.1, 0.15) is 41.2 Å². The highest BCUT2D eigenvalue weighted by Crippen LogP contribution is 2.65. The summed E-state index contributed by atoms with van der Waals surface area (Å²) in [6, 6.07) is 86.1. The van der Waals surface area contributed by atoms with E-state index in [1.807, 2.05) is 0 Å². The maximum atomic E-state index is 2.54. The minimum Gasteiger partial charge on any atom is -0.309 e. The number of hydrogen-bond acceptors (Lipinski definition) is 1. The molecule has 10 aromatic rings. The van der Waals surface area contributed by atoms with Crippen LogP contribution in [0.2, 0.25) is 0 Å². The second-order valence-electron chi connectivity index (χ2n) is 18.3. The summed E-state index contributed by atoms with van der Waals surface area (Å²) in [5.41, 5.74) is 23.3. The number of anilines is 3. The van der Waals surface area contributed by atoms with Gasteiger partial charge in [0.05, 0.1) is 16.8 Å². The smallest absolute Gasteiger partial charge is 0.0726 e. The van der Waals surface area contributed by atoms with Crippen molar-refractivity contribution >= 4 is 33.4 Å². The Balaban J connectivity index is 1.06. The minimum absolute atomic E-state index is 0.434. The monoisotopic (exact) mass is 853 g/mol. The molecule has 0 radical (unpaired) electrons. The van der Waals surface area contributed by atoms with E-state index in [-0.39, 0.29) is 0 Å². The maximum absolute atomic E-state index is 2.54. The summed E-state index contributed by atoms with van der Waals surface area (Å²) in [6.45, 7) is 2.35. The molecule has 67 heavy (non-hydrogen) atoms. The molecule has 1 atom stereocenters. The molecule has 0 saturated carbocycles. The van der Waals surface area contributed by atoms with Gasteiger partial charge >= 0.3 is 0 Å². The third-order valence-electron chi connectivity index (χ3n) is 14.8. The summed E-state index contributed by atoms with van der Waals surface area (Å²) in [5.74, 6) is 0.434. The average molecular weight is 854 g/mol. The highest BCUT2D eigenvalue weighted by molar-refractivity contribution is 6.04. The van der Waals surface area contributed by atoms with Gasteiger partial charge in [0, 0.05) is 16.8 Å². The van der Waals surface area contributed by atoms with Crippen molar-refractivity contribution in [3.05, 3.63) is 277 Å². The van der Waals surface area contributed by atoms with Crippen LogP contribution in [0.15, 0.2) is 249 Å². The van der Waals surface area contributed by atoms with Crippen LogP contribution in [0.25, 0.3) is 72.0 Å². The third-order valence-corrected chi connectivity index (χ3v) is 14.8. The van der Waals surface area contributed by atoms with Crippen molar-refractivity contribution in [1.82, 2.24) is 0 Å². The number of rotatable bonds is 7. The number of para-hydroxylation sites is 1. The topological polar surface area (TPSA) is 3.24 Å². The van der Waals surface area contributed by atoms with E-state index in [4.69, 9.17) is 0 Å². The van der Waals surface area contributed by atoms with Crippen molar-refractivity contribution in [3.63, 3.8) is 0 Å². The molecule has 0 N–H and O–H groups in total. The Kier molecular flexibility index (Phi) is 9.18. The van der Waals surface area contributed by atoms with Crippen LogP contribution in [0, 0.1) is 5.92 Å². The van der Waals surface area contributed by atoms with Crippen LogP contribution < -0.4 is 4.90 Å². The lowest BCUT2D eigenvalue weighted by molar-refractivity contribution is 0.759. The minimum atomic E-state index is -0.462. The molecular formula is C66H47N. The molecule has 0 heterocycles. The van der Waals surface area contributed by atoms with Gasteiger partial charge in [-0.25, -0.2) is 0 Å². The Morgan fingerprint density at radius 2 is 0.881 bits per heavy atom. The predicted octanol–water partition coefficient (Wildman–Crippen LogP) is 17.6. The van der Waals surface area contributed by atoms with Gasteiger partial charge in [0.15, 0.2) is 0 Å². The van der Waals surface area contributed by atoms with Crippen LogP contribution >= 0.6 is 0 Å². The molecule has 0 bridgehead atoms. The summed E-state index contributed by atoms with van der Waals surface area (Å²) in [4.78, 5) is 2.54. The van der Waals surface area contributed by atoms with Crippen LogP contribution in [0.3, 0.4) is 0 Å². The van der Waals surface area contributed by atoms with Crippen molar-refractivity contribution in [2.75, 3.05) is 4.90 Å². The fraction of sp³-hybridized carbons (Fsp3) is 0.0606. The molecule has 316 valence electrons. The second-order valence-corrected chi connectivity index (χ2v) is 18.3. The first-order valence-corrected chi connectivity index (χ1v) is 23.7. The molecule has 0 amide bonds. The maximum Gasteiger partial charge on any atom is 0.0726 e. The van der Waals surface area contributed by atoms with E-state index in [0.29, 0.717) is 5.92 Å². The molecule has 1 heteroatoms. The molecule has 0 unspecified atom stereocenters. The van der Waals surface area contributed by atoms with E-state index < -0.39 is 5.41 Å². The van der Waals surface area contributed by atoms with Gasteiger partial charge in [0.1, 0.15) is 0 Å². The Morgan fingerprint density at radius 3 is 1.57 bits per heavy atom. The Morgan fingerprint density at radius 1 is 0.388 bits per heavy atom. The van der Waals surface area contributed by atoms with E-state index in [1.54, 1.807) is 0 Å². The lowest BCUT2D eigenvalue weighted by atomic mass is 9.70. The first kappa shape index (κ1) is 39.1. The lowest BCUT2D eigenvalue weighted by Gasteiger charge is -2.32. The molecule has 3 aliphatic carbocycles. The Labute approximate surface area is 393 Å². The van der Waals surface area contributed by atoms with Crippen molar-refractivity contribution in [1.29, 1.82) is 0 Å². The van der Waals surface area contributed by atoms with Crippen molar-refractivity contribution in [3.8, 4) is 55.6 Å². The molecule has 0 saturated heterocycles. The largest absolute Gasteiger partial charge is 0.309 e. The molecule has 13 rings (SSSR count). The number of fused-ring (bicyclic) bond motifs is 11. The average Bonchev–Trinajstić information content (AvgIpc) is 3.87. The molecule has 0 fully saturated rings. The first-order chi connectivity index (χ1) is 33.2. The number of benzene rings is 10. The number of hydrogen-bond donors (Lipinski definition) is 0. The van der Waals surface area contributed by atoms with Crippen LogP contribution in [-0.4, -0.2) is 0 Å². The zero-order chi connectivity index (χ0) is 44.5. The molecule has 1 spiro atoms. The SMILES string of the molecule is C[C@H]1CC=CC=C1c1ccccc1-c1ccccc1-c1ccccc1N(c1ccc(-c2ccc3ccccc3c2)cc1)c1cccc2c1-c1ccccc1C21c2ccccc2-c2ccccc21. The molecule has 1 nitrogen and oxygen atoms in total. The van der Waals surface area contributed by atoms with Crippen molar-refractivity contribution < 1.29 is 0 Å². The quantitative estimate of drug-likeness (QED) is 0.154. The van der Waals surface area contributed by atoms with Gasteiger partial charge in [-0.2, -0.15) is 0 Å². The summed E-state index contributed by atoms with van der Waals surface area (Å²) in [5, 5.41) is 2.49. The van der Waals surface area contributed by atoms with E-state index >= 15 is 0 Å². The van der Waals surface area contributed by atoms with Gasteiger partial charge in [-0.05, 0) is 131 Å². The van der Waals surface area contributed by atoms with Crippen molar-refractivity contribution in [2.24, 2.45) is 5.92 Å². The zero-order valence-electron chi connectivity index (χ0n) is 37.4. The van der Waals surface area contributed by atoms with E-state index in [0.717, 1.165) is 23.5 Å². The summed E-state index contributed by atoms with van der Waals surface area (Å²) in [6.07, 6.45) is 7.87. The first-order valence-electron chi connectivity index (χ1n) is 23.7. The highest BCUT2D eigenvalue weighted by atomic mass is 15.1. The van der Waals surface area contributed by atoms with E-state index in [1.165, 1.54) is 99.8 Å². The van der Waals surface area contributed by atoms with Crippen LogP contribution in [0.5, 0.6) is 0 Å². The fourth-order valence-corrected chi connectivity index (χ4v) is 11.8. The Hall–Kier alpha value is -8.26. The van der Waals surface area contributed by atoms with Gasteiger partial charge in [0.25, 0.3) is 0 Å². The second kappa shape index (κ2) is 15.7. The van der Waals surface area contributed by atoms with Gasteiger partial charge < -0.3 is 4.90 Å². The van der Waals surface area contributed by atoms with Gasteiger partial charge in [-0.15, -0.1) is 0 Å². The lowest BCUT2D eigenvalue weighted by Crippen LogP contribution is -2.26. The number of allylic oxidation sites excluding steroid dienone is 4.